The molecule has 1 saturated heterocycles. The number of nitrogens with zero attached hydrogens (tertiary/aromatic N) is 1. The van der Waals surface area contributed by atoms with Gasteiger partial charge < -0.3 is 20.5 Å². The lowest BCUT2D eigenvalue weighted by Crippen LogP contribution is -2.70. The van der Waals surface area contributed by atoms with Crippen molar-refractivity contribution in [1.29, 1.82) is 0 Å². The summed E-state index contributed by atoms with van der Waals surface area (Å²) in [5.41, 5.74) is 4.58. The van der Waals surface area contributed by atoms with E-state index in [4.69, 9.17) is 10.5 Å². The molecule has 0 bridgehead atoms. The number of piperidine rings is 1. The van der Waals surface area contributed by atoms with Gasteiger partial charge in [-0.1, -0.05) is 20.8 Å². The first kappa shape index (κ1) is 19.5. The standard InChI is InChI=1S/C19H36N2O3/c1-14-10-17(5,6)12-19(23,11-14)18(20)8-7-9-21(13-18)15(22)24-16(2,3)4/h14,23H,7-13,20H2,1-6H3. The fourth-order valence-electron chi connectivity index (χ4n) is 4.85. The van der Waals surface area contributed by atoms with E-state index < -0.39 is 16.7 Å². The van der Waals surface area contributed by atoms with E-state index in [-0.39, 0.29) is 11.5 Å². The lowest BCUT2D eigenvalue weighted by atomic mass is 9.58. The van der Waals surface area contributed by atoms with Crippen LogP contribution in [-0.2, 0) is 4.74 Å². The van der Waals surface area contributed by atoms with E-state index in [1.165, 1.54) is 0 Å². The van der Waals surface area contributed by atoms with Crippen LogP contribution in [0.2, 0.25) is 0 Å². The zero-order chi connectivity index (χ0) is 18.4. The van der Waals surface area contributed by atoms with Crippen LogP contribution in [0.4, 0.5) is 4.79 Å². The Morgan fingerprint density at radius 1 is 1.29 bits per heavy atom. The van der Waals surface area contributed by atoms with Gasteiger partial charge in [0.15, 0.2) is 0 Å². The van der Waals surface area contributed by atoms with E-state index in [2.05, 4.69) is 20.8 Å². The molecule has 0 aromatic heterocycles. The van der Waals surface area contributed by atoms with Crippen LogP contribution >= 0.6 is 0 Å². The molecule has 3 N–H and O–H groups in total. The number of aliphatic hydroxyl groups is 1. The summed E-state index contributed by atoms with van der Waals surface area (Å²) in [6.45, 7) is 13.2. The molecule has 0 aromatic rings. The second-order valence-corrected chi connectivity index (χ2v) is 10.0. The highest BCUT2D eigenvalue weighted by Gasteiger charge is 2.55. The average Bonchev–Trinajstić information content (AvgIpc) is 2.33. The SMILES string of the molecule is CC1CC(C)(C)CC(O)(C2(N)CCCN(C(=O)OC(C)(C)C)C2)C1. The number of hydrogen-bond acceptors (Lipinski definition) is 4. The Morgan fingerprint density at radius 3 is 2.46 bits per heavy atom. The molecular weight excluding hydrogens is 304 g/mol. The van der Waals surface area contributed by atoms with Crippen molar-refractivity contribution in [3.05, 3.63) is 0 Å². The molecule has 2 aliphatic rings. The third kappa shape index (κ3) is 4.23. The Labute approximate surface area is 146 Å². The number of carbonyl (C=O) groups is 1. The van der Waals surface area contributed by atoms with Crippen LogP contribution in [0.15, 0.2) is 0 Å². The largest absolute Gasteiger partial charge is 0.444 e. The van der Waals surface area contributed by atoms with E-state index >= 15 is 0 Å². The van der Waals surface area contributed by atoms with Crippen LogP contribution in [0.3, 0.4) is 0 Å². The Hall–Kier alpha value is -0.810. The average molecular weight is 341 g/mol. The molecular formula is C19H36N2O3. The van der Waals surface area contributed by atoms with E-state index in [1.54, 1.807) is 4.90 Å². The number of nitrogens with two attached hydrogens (primary N) is 1. The number of carbonyl (C=O) groups excluding carboxylic acids is 1. The molecule has 3 unspecified atom stereocenters. The van der Waals surface area contributed by atoms with Gasteiger partial charge in [0.2, 0.25) is 0 Å². The summed E-state index contributed by atoms with van der Waals surface area (Å²) in [6, 6.07) is 0. The van der Waals surface area contributed by atoms with Crippen molar-refractivity contribution in [2.24, 2.45) is 17.1 Å². The van der Waals surface area contributed by atoms with Crippen molar-refractivity contribution < 1.29 is 14.6 Å². The Kier molecular flexibility index (Phi) is 5.02. The van der Waals surface area contributed by atoms with Crippen LogP contribution in [0.5, 0.6) is 0 Å². The summed E-state index contributed by atoms with van der Waals surface area (Å²) in [4.78, 5) is 14.1. The summed E-state index contributed by atoms with van der Waals surface area (Å²) in [5, 5.41) is 11.5. The molecule has 3 atom stereocenters. The van der Waals surface area contributed by atoms with Gasteiger partial charge in [-0.15, -0.1) is 0 Å². The van der Waals surface area contributed by atoms with E-state index in [9.17, 15) is 9.90 Å². The molecule has 1 saturated carbocycles. The molecule has 0 spiro atoms. The summed E-state index contributed by atoms with van der Waals surface area (Å²) < 4.78 is 5.50. The highest BCUT2D eigenvalue weighted by atomic mass is 16.6. The van der Waals surface area contributed by atoms with Crippen LogP contribution in [0.1, 0.15) is 73.6 Å². The number of hydrogen-bond donors (Lipinski definition) is 2. The number of likely N-dealkylation sites (tertiary alicyclic amines) is 1. The quantitative estimate of drug-likeness (QED) is 0.768. The van der Waals surface area contributed by atoms with Crippen molar-refractivity contribution in [1.82, 2.24) is 4.90 Å². The van der Waals surface area contributed by atoms with Gasteiger partial charge in [-0.2, -0.15) is 0 Å². The van der Waals surface area contributed by atoms with Crippen molar-refractivity contribution in [2.45, 2.75) is 90.4 Å². The maximum atomic E-state index is 12.4. The topological polar surface area (TPSA) is 75.8 Å². The van der Waals surface area contributed by atoms with Gasteiger partial charge in [-0.25, -0.2) is 4.79 Å². The van der Waals surface area contributed by atoms with Gasteiger partial charge in [0.25, 0.3) is 0 Å². The minimum Gasteiger partial charge on any atom is -0.444 e. The smallest absolute Gasteiger partial charge is 0.410 e. The highest BCUT2D eigenvalue weighted by molar-refractivity contribution is 5.68. The first-order valence-corrected chi connectivity index (χ1v) is 9.25. The maximum Gasteiger partial charge on any atom is 0.410 e. The molecule has 1 heterocycles. The second-order valence-electron chi connectivity index (χ2n) is 10.0. The Balaban J connectivity index is 2.18. The van der Waals surface area contributed by atoms with Crippen LogP contribution in [0.25, 0.3) is 0 Å². The fourth-order valence-corrected chi connectivity index (χ4v) is 4.85. The van der Waals surface area contributed by atoms with Gasteiger partial charge in [0.1, 0.15) is 5.60 Å². The van der Waals surface area contributed by atoms with Gasteiger partial charge in [-0.05, 0) is 64.2 Å². The monoisotopic (exact) mass is 340 g/mol. The molecule has 5 nitrogen and oxygen atoms in total. The first-order chi connectivity index (χ1) is 10.8. The van der Waals surface area contributed by atoms with Crippen LogP contribution in [0, 0.1) is 11.3 Å². The van der Waals surface area contributed by atoms with Crippen LogP contribution < -0.4 is 5.73 Å². The highest BCUT2D eigenvalue weighted by Crippen LogP contribution is 2.49. The Morgan fingerprint density at radius 2 is 1.92 bits per heavy atom. The Bertz CT molecular complexity index is 485. The molecule has 5 heteroatoms. The maximum absolute atomic E-state index is 12.4. The molecule has 24 heavy (non-hydrogen) atoms. The fraction of sp³-hybridized carbons (Fsp3) is 0.947. The molecule has 1 aliphatic heterocycles. The first-order valence-electron chi connectivity index (χ1n) is 9.25. The summed E-state index contributed by atoms with van der Waals surface area (Å²) in [5.74, 6) is 0.427. The predicted molar refractivity (Wildman–Crippen MR) is 95.7 cm³/mol. The molecule has 140 valence electrons. The van der Waals surface area contributed by atoms with E-state index in [1.807, 2.05) is 20.8 Å². The lowest BCUT2D eigenvalue weighted by Gasteiger charge is -2.55. The molecule has 2 fully saturated rings. The van der Waals surface area contributed by atoms with E-state index in [0.29, 0.717) is 31.8 Å². The normalized spacial score (nSPS) is 37.2. The van der Waals surface area contributed by atoms with E-state index in [0.717, 1.165) is 19.3 Å². The van der Waals surface area contributed by atoms with Crippen molar-refractivity contribution in [2.75, 3.05) is 13.1 Å². The number of amides is 1. The van der Waals surface area contributed by atoms with Gasteiger partial charge in [-0.3, -0.25) is 0 Å². The zero-order valence-electron chi connectivity index (χ0n) is 16.3. The predicted octanol–water partition coefficient (Wildman–Crippen LogP) is 3.29. The number of ether oxygens (including phenoxy) is 1. The minimum atomic E-state index is -0.936. The molecule has 0 radical (unpaired) electrons. The molecule has 1 amide bonds. The third-order valence-corrected chi connectivity index (χ3v) is 5.46. The summed E-state index contributed by atoms with van der Waals surface area (Å²) in [7, 11) is 0. The second kappa shape index (κ2) is 6.17. The van der Waals surface area contributed by atoms with Gasteiger partial charge >= 0.3 is 6.09 Å². The van der Waals surface area contributed by atoms with Gasteiger partial charge in [0, 0.05) is 13.1 Å². The lowest BCUT2D eigenvalue weighted by molar-refractivity contribution is -0.127. The molecule has 1 aliphatic carbocycles. The molecule has 2 rings (SSSR count). The molecule has 0 aromatic carbocycles. The minimum absolute atomic E-state index is 0.0625. The third-order valence-electron chi connectivity index (χ3n) is 5.46. The van der Waals surface area contributed by atoms with Crippen molar-refractivity contribution in [3.8, 4) is 0 Å². The van der Waals surface area contributed by atoms with Gasteiger partial charge in [0.05, 0.1) is 11.1 Å². The summed E-state index contributed by atoms with van der Waals surface area (Å²) >= 11 is 0. The van der Waals surface area contributed by atoms with Crippen LogP contribution in [-0.4, -0.2) is 45.9 Å². The van der Waals surface area contributed by atoms with Crippen molar-refractivity contribution in [3.63, 3.8) is 0 Å². The van der Waals surface area contributed by atoms with Crippen molar-refractivity contribution >= 4 is 6.09 Å². The summed E-state index contributed by atoms with van der Waals surface area (Å²) in [6.07, 6.45) is 3.70. The number of rotatable bonds is 1. The zero-order valence-corrected chi connectivity index (χ0v) is 16.3.